The van der Waals surface area contributed by atoms with Gasteiger partial charge < -0.3 is 24.8 Å². The van der Waals surface area contributed by atoms with Crippen LogP contribution in [0.15, 0.2) is 18.2 Å². The molecule has 1 aromatic carbocycles. The van der Waals surface area contributed by atoms with E-state index in [1.54, 1.807) is 18.2 Å². The SMILES string of the molecule is COc1cc(C(O)CO)ccc1OCCCCCC(=O)O. The third kappa shape index (κ3) is 6.01. The highest BCUT2D eigenvalue weighted by Crippen LogP contribution is 2.30. The number of carboxylic acids is 1. The summed E-state index contributed by atoms with van der Waals surface area (Å²) in [7, 11) is 1.50. The number of unbranched alkanes of at least 4 members (excludes halogenated alkanes) is 2. The van der Waals surface area contributed by atoms with E-state index in [1.165, 1.54) is 7.11 Å². The molecule has 0 amide bonds. The Balaban J connectivity index is 2.46. The first-order valence-corrected chi connectivity index (χ1v) is 6.90. The molecule has 0 spiro atoms. The van der Waals surface area contributed by atoms with Crippen molar-refractivity contribution in [1.82, 2.24) is 0 Å². The average Bonchev–Trinajstić information content (AvgIpc) is 2.49. The van der Waals surface area contributed by atoms with E-state index in [0.29, 0.717) is 30.1 Å². The number of benzene rings is 1. The minimum Gasteiger partial charge on any atom is -0.493 e. The lowest BCUT2D eigenvalue weighted by atomic mass is 10.1. The Hall–Kier alpha value is -1.79. The first kappa shape index (κ1) is 17.3. The fraction of sp³-hybridized carbons (Fsp3) is 0.533. The zero-order chi connectivity index (χ0) is 15.7. The molecule has 118 valence electrons. The molecule has 1 atom stereocenters. The topological polar surface area (TPSA) is 96.2 Å². The van der Waals surface area contributed by atoms with Crippen LogP contribution in [0.5, 0.6) is 11.5 Å². The summed E-state index contributed by atoms with van der Waals surface area (Å²) in [6, 6.07) is 4.98. The lowest BCUT2D eigenvalue weighted by Crippen LogP contribution is -2.04. The standard InChI is InChI=1S/C15H22O6/c1-20-14-9-11(12(17)10-16)6-7-13(14)21-8-4-2-3-5-15(18)19/h6-7,9,12,16-17H,2-5,8,10H2,1H3,(H,18,19). The smallest absolute Gasteiger partial charge is 0.303 e. The number of aliphatic hydroxyl groups excluding tert-OH is 2. The second-order valence-electron chi connectivity index (χ2n) is 4.66. The molecule has 1 unspecified atom stereocenters. The number of carbonyl (C=O) groups is 1. The van der Waals surface area contributed by atoms with E-state index in [4.69, 9.17) is 19.7 Å². The number of aliphatic hydroxyl groups is 2. The zero-order valence-corrected chi connectivity index (χ0v) is 12.1. The van der Waals surface area contributed by atoms with Gasteiger partial charge >= 0.3 is 5.97 Å². The molecule has 6 heteroatoms. The van der Waals surface area contributed by atoms with Crippen LogP contribution in [0.2, 0.25) is 0 Å². The van der Waals surface area contributed by atoms with Crippen LogP contribution in [-0.4, -0.2) is 41.6 Å². The third-order valence-corrected chi connectivity index (χ3v) is 3.04. The van der Waals surface area contributed by atoms with Crippen molar-refractivity contribution >= 4 is 5.97 Å². The van der Waals surface area contributed by atoms with Gasteiger partial charge in [0.1, 0.15) is 6.10 Å². The van der Waals surface area contributed by atoms with Crippen molar-refractivity contribution in [3.8, 4) is 11.5 Å². The number of carboxylic acid groups (broad SMARTS) is 1. The highest BCUT2D eigenvalue weighted by atomic mass is 16.5. The Morgan fingerprint density at radius 2 is 2.00 bits per heavy atom. The molecule has 0 aliphatic heterocycles. The van der Waals surface area contributed by atoms with Gasteiger partial charge in [0.15, 0.2) is 11.5 Å². The number of ether oxygens (including phenoxy) is 2. The third-order valence-electron chi connectivity index (χ3n) is 3.04. The van der Waals surface area contributed by atoms with Crippen LogP contribution in [0.25, 0.3) is 0 Å². The lowest BCUT2D eigenvalue weighted by molar-refractivity contribution is -0.137. The van der Waals surface area contributed by atoms with E-state index in [9.17, 15) is 9.90 Å². The van der Waals surface area contributed by atoms with E-state index >= 15 is 0 Å². The van der Waals surface area contributed by atoms with Crippen LogP contribution in [0.3, 0.4) is 0 Å². The maximum Gasteiger partial charge on any atom is 0.303 e. The summed E-state index contributed by atoms with van der Waals surface area (Å²) in [5.74, 6) is 0.269. The van der Waals surface area contributed by atoms with E-state index in [0.717, 1.165) is 12.8 Å². The fourth-order valence-corrected chi connectivity index (χ4v) is 1.85. The first-order valence-electron chi connectivity index (χ1n) is 6.90. The summed E-state index contributed by atoms with van der Waals surface area (Å²) >= 11 is 0. The van der Waals surface area contributed by atoms with Crippen molar-refractivity contribution in [3.05, 3.63) is 23.8 Å². The van der Waals surface area contributed by atoms with Crippen molar-refractivity contribution in [2.45, 2.75) is 31.8 Å². The van der Waals surface area contributed by atoms with Crippen LogP contribution in [0.1, 0.15) is 37.4 Å². The Morgan fingerprint density at radius 3 is 2.62 bits per heavy atom. The molecule has 3 N–H and O–H groups in total. The molecule has 1 rings (SSSR count). The summed E-state index contributed by atoms with van der Waals surface area (Å²) in [6.07, 6.45) is 1.42. The second kappa shape index (κ2) is 9.20. The fourth-order valence-electron chi connectivity index (χ4n) is 1.85. The summed E-state index contributed by atoms with van der Waals surface area (Å²) in [6.45, 7) is 0.116. The summed E-state index contributed by atoms with van der Waals surface area (Å²) in [4.78, 5) is 10.4. The molecule has 0 radical (unpaired) electrons. The average molecular weight is 298 g/mol. The van der Waals surface area contributed by atoms with Gasteiger partial charge in [0.2, 0.25) is 0 Å². The molecule has 1 aromatic rings. The predicted octanol–water partition coefficient (Wildman–Crippen LogP) is 1.74. The Labute approximate surface area is 123 Å². The number of hydrogen-bond acceptors (Lipinski definition) is 5. The first-order chi connectivity index (χ1) is 10.1. The number of hydrogen-bond donors (Lipinski definition) is 3. The zero-order valence-electron chi connectivity index (χ0n) is 12.1. The Bertz CT molecular complexity index is 446. The molecular formula is C15H22O6. The number of aliphatic carboxylic acids is 1. The molecule has 0 saturated heterocycles. The van der Waals surface area contributed by atoms with Crippen LogP contribution >= 0.6 is 0 Å². The van der Waals surface area contributed by atoms with Gasteiger partial charge in [0.25, 0.3) is 0 Å². The van der Waals surface area contributed by atoms with Crippen molar-refractivity contribution in [3.63, 3.8) is 0 Å². The van der Waals surface area contributed by atoms with Gasteiger partial charge in [-0.2, -0.15) is 0 Å². The summed E-state index contributed by atoms with van der Waals surface area (Å²) < 4.78 is 10.8. The molecule has 0 aliphatic rings. The van der Waals surface area contributed by atoms with Gasteiger partial charge in [-0.05, 0) is 37.0 Å². The number of methoxy groups -OCH3 is 1. The second-order valence-corrected chi connectivity index (χ2v) is 4.66. The van der Waals surface area contributed by atoms with Gasteiger partial charge in [-0.1, -0.05) is 6.07 Å². The normalized spacial score (nSPS) is 12.0. The Morgan fingerprint density at radius 1 is 1.24 bits per heavy atom. The summed E-state index contributed by atoms with van der Waals surface area (Å²) in [5, 5.41) is 27.0. The molecule has 0 fully saturated rings. The highest BCUT2D eigenvalue weighted by molar-refractivity contribution is 5.66. The monoisotopic (exact) mass is 298 g/mol. The predicted molar refractivity (Wildman–Crippen MR) is 76.6 cm³/mol. The highest BCUT2D eigenvalue weighted by Gasteiger charge is 2.11. The van der Waals surface area contributed by atoms with E-state index < -0.39 is 12.1 Å². The van der Waals surface area contributed by atoms with Gasteiger partial charge in [0, 0.05) is 6.42 Å². The van der Waals surface area contributed by atoms with Crippen molar-refractivity contribution in [2.75, 3.05) is 20.3 Å². The van der Waals surface area contributed by atoms with Crippen molar-refractivity contribution in [1.29, 1.82) is 0 Å². The van der Waals surface area contributed by atoms with Gasteiger partial charge in [-0.15, -0.1) is 0 Å². The molecular weight excluding hydrogens is 276 g/mol. The van der Waals surface area contributed by atoms with Crippen LogP contribution in [0, 0.1) is 0 Å². The molecule has 0 aromatic heterocycles. The molecule has 0 saturated carbocycles. The Kier molecular flexibility index (Phi) is 7.56. The van der Waals surface area contributed by atoms with Gasteiger partial charge in [-0.3, -0.25) is 4.79 Å². The maximum atomic E-state index is 10.4. The maximum absolute atomic E-state index is 10.4. The molecule has 21 heavy (non-hydrogen) atoms. The van der Waals surface area contributed by atoms with Crippen LogP contribution in [0.4, 0.5) is 0 Å². The van der Waals surface area contributed by atoms with Gasteiger partial charge in [0.05, 0.1) is 20.3 Å². The van der Waals surface area contributed by atoms with Crippen LogP contribution in [-0.2, 0) is 4.79 Å². The molecule has 6 nitrogen and oxygen atoms in total. The van der Waals surface area contributed by atoms with E-state index in [1.807, 2.05) is 0 Å². The quantitative estimate of drug-likeness (QED) is 0.569. The van der Waals surface area contributed by atoms with E-state index in [-0.39, 0.29) is 13.0 Å². The minimum atomic E-state index is -0.941. The molecule has 0 heterocycles. The lowest BCUT2D eigenvalue weighted by Gasteiger charge is -2.14. The number of rotatable bonds is 10. The van der Waals surface area contributed by atoms with Crippen molar-refractivity contribution in [2.24, 2.45) is 0 Å². The summed E-state index contributed by atoms with van der Waals surface area (Å²) in [5.41, 5.74) is 0.558. The van der Waals surface area contributed by atoms with Crippen LogP contribution < -0.4 is 9.47 Å². The minimum absolute atomic E-state index is 0.178. The van der Waals surface area contributed by atoms with Gasteiger partial charge in [-0.25, -0.2) is 0 Å². The molecule has 0 bridgehead atoms. The van der Waals surface area contributed by atoms with E-state index in [2.05, 4.69) is 0 Å². The largest absolute Gasteiger partial charge is 0.493 e. The molecule has 0 aliphatic carbocycles. The van der Waals surface area contributed by atoms with Crippen molar-refractivity contribution < 1.29 is 29.6 Å².